The summed E-state index contributed by atoms with van der Waals surface area (Å²) in [7, 11) is -3.85. The van der Waals surface area contributed by atoms with Crippen molar-refractivity contribution in [3.8, 4) is 0 Å². The third kappa shape index (κ3) is 3.34. The van der Waals surface area contributed by atoms with Gasteiger partial charge in [0, 0.05) is 24.2 Å². The normalized spacial score (nSPS) is 11.6. The summed E-state index contributed by atoms with van der Waals surface area (Å²) in [4.78, 5) is 10.1. The predicted octanol–water partition coefficient (Wildman–Crippen LogP) is 2.59. The van der Waals surface area contributed by atoms with Crippen molar-refractivity contribution < 1.29 is 17.8 Å². The van der Waals surface area contributed by atoms with Crippen LogP contribution in [-0.4, -0.2) is 13.3 Å². The summed E-state index contributed by atoms with van der Waals surface area (Å²) in [5.74, 6) is 1.33. The molecular formula is C14H16N2O5S. The van der Waals surface area contributed by atoms with Crippen molar-refractivity contribution in [1.29, 1.82) is 0 Å². The van der Waals surface area contributed by atoms with Gasteiger partial charge in [0.25, 0.3) is 5.69 Å². The fourth-order valence-corrected chi connectivity index (χ4v) is 3.37. The van der Waals surface area contributed by atoms with Gasteiger partial charge in [0.05, 0.1) is 9.82 Å². The Morgan fingerprint density at radius 2 is 1.91 bits per heavy atom. The van der Waals surface area contributed by atoms with Crippen molar-refractivity contribution >= 4 is 15.7 Å². The maximum Gasteiger partial charge on any atom is 0.270 e. The molecule has 1 aromatic heterocycles. The summed E-state index contributed by atoms with van der Waals surface area (Å²) >= 11 is 0. The third-order valence-electron chi connectivity index (χ3n) is 3.27. The smallest absolute Gasteiger partial charge is 0.270 e. The number of nitrogens with one attached hydrogen (secondary N) is 1. The second kappa shape index (κ2) is 5.90. The van der Waals surface area contributed by atoms with Gasteiger partial charge >= 0.3 is 0 Å². The Morgan fingerprint density at radius 3 is 2.45 bits per heavy atom. The standard InChI is InChI=1S/C14H16N2O5S/c1-9-4-5-13(16(17)18)7-14(9)22(19,20)15-8-12-6-10(2)21-11(12)3/h4-7,15H,8H2,1-3H3. The van der Waals surface area contributed by atoms with Gasteiger partial charge in [-0.2, -0.15) is 0 Å². The Kier molecular flexibility index (Phi) is 4.34. The van der Waals surface area contributed by atoms with E-state index in [1.807, 2.05) is 0 Å². The predicted molar refractivity (Wildman–Crippen MR) is 80.0 cm³/mol. The molecule has 8 heteroatoms. The molecule has 0 amide bonds. The maximum absolute atomic E-state index is 12.4. The van der Waals surface area contributed by atoms with Crippen LogP contribution >= 0.6 is 0 Å². The molecule has 22 heavy (non-hydrogen) atoms. The summed E-state index contributed by atoms with van der Waals surface area (Å²) in [5, 5.41) is 10.8. The highest BCUT2D eigenvalue weighted by Crippen LogP contribution is 2.22. The van der Waals surface area contributed by atoms with Crippen LogP contribution in [0.25, 0.3) is 0 Å². The molecule has 0 spiro atoms. The average Bonchev–Trinajstić information content (AvgIpc) is 2.75. The van der Waals surface area contributed by atoms with E-state index in [0.717, 1.165) is 11.6 Å². The SMILES string of the molecule is Cc1cc(CNS(=O)(=O)c2cc([N+](=O)[O-])ccc2C)c(C)o1. The van der Waals surface area contributed by atoms with Gasteiger partial charge in [0.2, 0.25) is 10.0 Å². The number of furan rings is 1. The number of sulfonamides is 1. The lowest BCUT2D eigenvalue weighted by Crippen LogP contribution is -2.24. The van der Waals surface area contributed by atoms with Crippen molar-refractivity contribution in [1.82, 2.24) is 4.72 Å². The van der Waals surface area contributed by atoms with E-state index in [-0.39, 0.29) is 17.1 Å². The van der Waals surface area contributed by atoms with Crippen LogP contribution in [0.3, 0.4) is 0 Å². The second-order valence-corrected chi connectivity index (χ2v) is 6.71. The molecule has 1 heterocycles. The van der Waals surface area contributed by atoms with E-state index in [4.69, 9.17) is 4.42 Å². The van der Waals surface area contributed by atoms with E-state index in [0.29, 0.717) is 17.1 Å². The van der Waals surface area contributed by atoms with Gasteiger partial charge in [-0.25, -0.2) is 13.1 Å². The molecule has 0 unspecified atom stereocenters. The van der Waals surface area contributed by atoms with Crippen molar-refractivity contribution in [3.63, 3.8) is 0 Å². The highest BCUT2D eigenvalue weighted by molar-refractivity contribution is 7.89. The quantitative estimate of drug-likeness (QED) is 0.672. The summed E-state index contributed by atoms with van der Waals surface area (Å²) in [6, 6.07) is 5.50. The van der Waals surface area contributed by atoms with Gasteiger partial charge in [-0.15, -0.1) is 0 Å². The van der Waals surface area contributed by atoms with Crippen molar-refractivity contribution in [3.05, 3.63) is 57.0 Å². The zero-order valence-electron chi connectivity index (χ0n) is 12.4. The van der Waals surface area contributed by atoms with E-state index < -0.39 is 14.9 Å². The molecule has 0 aliphatic carbocycles. The first-order chi connectivity index (χ1) is 10.2. The molecule has 2 rings (SSSR count). The molecule has 0 aliphatic heterocycles. The number of benzene rings is 1. The molecular weight excluding hydrogens is 308 g/mol. The molecule has 0 radical (unpaired) electrons. The van der Waals surface area contributed by atoms with Crippen LogP contribution in [0.1, 0.15) is 22.6 Å². The minimum Gasteiger partial charge on any atom is -0.466 e. The third-order valence-corrected chi connectivity index (χ3v) is 4.81. The van der Waals surface area contributed by atoms with E-state index in [1.54, 1.807) is 26.8 Å². The molecule has 7 nitrogen and oxygen atoms in total. The molecule has 0 fully saturated rings. The lowest BCUT2D eigenvalue weighted by molar-refractivity contribution is -0.385. The summed E-state index contributed by atoms with van der Waals surface area (Å²) < 4.78 is 32.5. The molecule has 118 valence electrons. The Hall–Kier alpha value is -2.19. The van der Waals surface area contributed by atoms with Crippen LogP contribution in [0.5, 0.6) is 0 Å². The fourth-order valence-electron chi connectivity index (χ4n) is 2.10. The zero-order chi connectivity index (χ0) is 16.5. The minimum atomic E-state index is -3.85. The Morgan fingerprint density at radius 1 is 1.23 bits per heavy atom. The van der Waals surface area contributed by atoms with E-state index >= 15 is 0 Å². The van der Waals surface area contributed by atoms with Crippen LogP contribution in [0.4, 0.5) is 5.69 Å². The molecule has 0 aliphatic rings. The van der Waals surface area contributed by atoms with Crippen LogP contribution in [0, 0.1) is 30.9 Å². The summed E-state index contributed by atoms with van der Waals surface area (Å²) in [5.41, 5.74) is 0.906. The molecule has 2 aromatic rings. The van der Waals surface area contributed by atoms with Crippen molar-refractivity contribution in [2.75, 3.05) is 0 Å². The first kappa shape index (κ1) is 16.2. The monoisotopic (exact) mass is 324 g/mol. The van der Waals surface area contributed by atoms with Crippen LogP contribution in [0.2, 0.25) is 0 Å². The van der Waals surface area contributed by atoms with Crippen molar-refractivity contribution in [2.24, 2.45) is 0 Å². The lowest BCUT2D eigenvalue weighted by Gasteiger charge is -2.08. The van der Waals surface area contributed by atoms with Gasteiger partial charge in [-0.3, -0.25) is 10.1 Å². The van der Waals surface area contributed by atoms with Gasteiger partial charge in [-0.05, 0) is 32.4 Å². The number of hydrogen-bond acceptors (Lipinski definition) is 5. The van der Waals surface area contributed by atoms with Crippen molar-refractivity contribution in [2.45, 2.75) is 32.2 Å². The number of nitrogens with zero attached hydrogens (tertiary/aromatic N) is 1. The lowest BCUT2D eigenvalue weighted by atomic mass is 10.2. The highest BCUT2D eigenvalue weighted by atomic mass is 32.2. The molecule has 1 N–H and O–H groups in total. The Bertz CT molecular complexity index is 824. The average molecular weight is 324 g/mol. The zero-order valence-corrected chi connectivity index (χ0v) is 13.2. The second-order valence-electron chi connectivity index (χ2n) is 4.97. The number of nitro benzene ring substituents is 1. The number of nitro groups is 1. The van der Waals surface area contributed by atoms with Gasteiger partial charge < -0.3 is 4.42 Å². The molecule has 0 bridgehead atoms. The van der Waals surface area contributed by atoms with E-state index in [9.17, 15) is 18.5 Å². The highest BCUT2D eigenvalue weighted by Gasteiger charge is 2.21. The maximum atomic E-state index is 12.4. The van der Waals surface area contributed by atoms with Crippen LogP contribution in [-0.2, 0) is 16.6 Å². The topological polar surface area (TPSA) is 102 Å². The van der Waals surface area contributed by atoms with Crippen LogP contribution in [0.15, 0.2) is 33.6 Å². The van der Waals surface area contributed by atoms with Crippen LogP contribution < -0.4 is 4.72 Å². The molecule has 0 atom stereocenters. The van der Waals surface area contributed by atoms with Gasteiger partial charge in [-0.1, -0.05) is 6.07 Å². The number of aryl methyl sites for hydroxylation is 3. The van der Waals surface area contributed by atoms with Gasteiger partial charge in [0.15, 0.2) is 0 Å². The largest absolute Gasteiger partial charge is 0.466 e. The summed E-state index contributed by atoms with van der Waals surface area (Å²) in [6.07, 6.45) is 0. The minimum absolute atomic E-state index is 0.0631. The summed E-state index contributed by atoms with van der Waals surface area (Å²) in [6.45, 7) is 5.17. The number of rotatable bonds is 5. The molecule has 1 aromatic carbocycles. The van der Waals surface area contributed by atoms with E-state index in [1.165, 1.54) is 12.1 Å². The fraction of sp³-hybridized carbons (Fsp3) is 0.286. The first-order valence-electron chi connectivity index (χ1n) is 6.51. The molecule has 0 saturated heterocycles. The van der Waals surface area contributed by atoms with Gasteiger partial charge in [0.1, 0.15) is 11.5 Å². The first-order valence-corrected chi connectivity index (χ1v) is 7.99. The number of non-ortho nitro benzene ring substituents is 1. The molecule has 0 saturated carbocycles. The number of hydrogen-bond donors (Lipinski definition) is 1. The Balaban J connectivity index is 2.29. The Labute approximate surface area is 128 Å². The van der Waals surface area contributed by atoms with E-state index in [2.05, 4.69) is 4.72 Å².